The Bertz CT molecular complexity index is 629. The zero-order valence-electron chi connectivity index (χ0n) is 15.0. The van der Waals surface area contributed by atoms with Crippen LogP contribution >= 0.6 is 47.1 Å². The molecule has 0 amide bonds. The second-order valence-electron chi connectivity index (χ2n) is 5.60. The largest absolute Gasteiger partial charge is 0.357 e. The number of aromatic nitrogens is 1. The summed E-state index contributed by atoms with van der Waals surface area (Å²) in [5, 5.41) is 9.87. The predicted molar refractivity (Wildman–Crippen MR) is 122 cm³/mol. The molecule has 2 rings (SSSR count). The Balaban J connectivity index is 0.00000312. The van der Waals surface area contributed by atoms with E-state index in [1.807, 2.05) is 17.8 Å². The number of hydrogen-bond acceptors (Lipinski definition) is 4. The number of nitrogens with one attached hydrogen (secondary N) is 2. The van der Waals surface area contributed by atoms with Crippen LogP contribution in [0.5, 0.6) is 0 Å². The quantitative estimate of drug-likeness (QED) is 0.185. The van der Waals surface area contributed by atoms with Gasteiger partial charge in [0, 0.05) is 29.1 Å². The molecule has 25 heavy (non-hydrogen) atoms. The number of nitrogens with zero attached hydrogens (tertiary/aromatic N) is 2. The van der Waals surface area contributed by atoms with Gasteiger partial charge >= 0.3 is 0 Å². The molecule has 0 bridgehead atoms. The van der Waals surface area contributed by atoms with Crippen LogP contribution in [0.1, 0.15) is 37.4 Å². The fourth-order valence-electron chi connectivity index (χ4n) is 2.01. The van der Waals surface area contributed by atoms with Crippen molar-refractivity contribution in [3.8, 4) is 0 Å². The molecule has 7 heteroatoms. The first-order valence-electron chi connectivity index (χ1n) is 8.33. The molecule has 0 atom stereocenters. The molecule has 1 aromatic carbocycles. The SMILES string of the molecule is CCNC(=NCc1nc(C(C)C)cs1)NCCSc1ccccc1.I. The van der Waals surface area contributed by atoms with Crippen LogP contribution in [-0.4, -0.2) is 29.8 Å². The molecule has 0 aliphatic heterocycles. The van der Waals surface area contributed by atoms with Crippen molar-refractivity contribution in [2.45, 2.75) is 38.1 Å². The van der Waals surface area contributed by atoms with Crippen molar-refractivity contribution in [1.29, 1.82) is 0 Å². The summed E-state index contributed by atoms with van der Waals surface area (Å²) in [6.45, 7) is 8.76. The zero-order valence-corrected chi connectivity index (χ0v) is 19.0. The molecule has 0 aliphatic rings. The zero-order chi connectivity index (χ0) is 17.2. The summed E-state index contributed by atoms with van der Waals surface area (Å²) in [6.07, 6.45) is 0. The molecule has 138 valence electrons. The Morgan fingerprint density at radius 3 is 2.64 bits per heavy atom. The summed E-state index contributed by atoms with van der Waals surface area (Å²) >= 11 is 3.53. The molecule has 0 radical (unpaired) electrons. The molecular formula is C18H27IN4S2. The summed E-state index contributed by atoms with van der Waals surface area (Å²) < 4.78 is 0. The van der Waals surface area contributed by atoms with Crippen LogP contribution in [0.2, 0.25) is 0 Å². The van der Waals surface area contributed by atoms with E-state index in [2.05, 4.69) is 71.0 Å². The molecule has 2 N–H and O–H groups in total. The molecule has 1 heterocycles. The Kier molecular flexibility index (Phi) is 11.2. The van der Waals surface area contributed by atoms with Gasteiger partial charge in [0.15, 0.2) is 5.96 Å². The summed E-state index contributed by atoms with van der Waals surface area (Å²) in [5.74, 6) is 2.33. The summed E-state index contributed by atoms with van der Waals surface area (Å²) in [7, 11) is 0. The predicted octanol–water partition coefficient (Wildman–Crippen LogP) is 4.73. The monoisotopic (exact) mass is 490 g/mol. The van der Waals surface area contributed by atoms with E-state index in [9.17, 15) is 0 Å². The number of aliphatic imine (C=N–C) groups is 1. The van der Waals surface area contributed by atoms with Crippen molar-refractivity contribution in [1.82, 2.24) is 15.6 Å². The lowest BCUT2D eigenvalue weighted by Gasteiger charge is -2.10. The minimum absolute atomic E-state index is 0. The minimum atomic E-state index is 0. The smallest absolute Gasteiger partial charge is 0.191 e. The number of thiazole rings is 1. The maximum Gasteiger partial charge on any atom is 0.191 e. The molecule has 4 nitrogen and oxygen atoms in total. The molecule has 2 aromatic rings. The minimum Gasteiger partial charge on any atom is -0.357 e. The highest BCUT2D eigenvalue weighted by Crippen LogP contribution is 2.18. The highest BCUT2D eigenvalue weighted by Gasteiger charge is 2.05. The van der Waals surface area contributed by atoms with E-state index in [-0.39, 0.29) is 24.0 Å². The topological polar surface area (TPSA) is 49.3 Å². The van der Waals surface area contributed by atoms with Crippen LogP contribution in [0.25, 0.3) is 0 Å². The van der Waals surface area contributed by atoms with E-state index >= 15 is 0 Å². The van der Waals surface area contributed by atoms with Crippen LogP contribution in [0.3, 0.4) is 0 Å². The third kappa shape index (κ3) is 8.42. The van der Waals surface area contributed by atoms with Gasteiger partial charge in [-0.25, -0.2) is 9.98 Å². The van der Waals surface area contributed by atoms with E-state index in [4.69, 9.17) is 0 Å². The maximum absolute atomic E-state index is 4.63. The maximum atomic E-state index is 4.63. The van der Waals surface area contributed by atoms with Crippen LogP contribution in [0.15, 0.2) is 45.6 Å². The van der Waals surface area contributed by atoms with Gasteiger partial charge in [-0.1, -0.05) is 32.0 Å². The van der Waals surface area contributed by atoms with Crippen molar-refractivity contribution < 1.29 is 0 Å². The van der Waals surface area contributed by atoms with Gasteiger partial charge in [-0.3, -0.25) is 0 Å². The van der Waals surface area contributed by atoms with Crippen molar-refractivity contribution in [2.24, 2.45) is 4.99 Å². The third-order valence-electron chi connectivity index (χ3n) is 3.28. The summed E-state index contributed by atoms with van der Waals surface area (Å²) in [5.41, 5.74) is 1.16. The highest BCUT2D eigenvalue weighted by atomic mass is 127. The van der Waals surface area contributed by atoms with Gasteiger partial charge in [0.1, 0.15) is 5.01 Å². The van der Waals surface area contributed by atoms with Crippen LogP contribution in [0, 0.1) is 0 Å². The lowest BCUT2D eigenvalue weighted by atomic mass is 10.2. The van der Waals surface area contributed by atoms with E-state index < -0.39 is 0 Å². The Hall–Kier alpha value is -0.800. The highest BCUT2D eigenvalue weighted by molar-refractivity contribution is 14.0. The number of rotatable bonds is 8. The summed E-state index contributed by atoms with van der Waals surface area (Å²) in [6, 6.07) is 10.5. The first-order chi connectivity index (χ1) is 11.7. The molecule has 0 aliphatic carbocycles. The van der Waals surface area contributed by atoms with Gasteiger partial charge in [-0.2, -0.15) is 0 Å². The van der Waals surface area contributed by atoms with Crippen LogP contribution < -0.4 is 10.6 Å². The van der Waals surface area contributed by atoms with E-state index in [0.717, 1.165) is 35.5 Å². The second-order valence-corrected chi connectivity index (χ2v) is 7.72. The van der Waals surface area contributed by atoms with Gasteiger partial charge < -0.3 is 10.6 Å². The molecular weight excluding hydrogens is 463 g/mol. The molecule has 0 unspecified atom stereocenters. The first-order valence-corrected chi connectivity index (χ1v) is 10.2. The van der Waals surface area contributed by atoms with Gasteiger partial charge in [-0.05, 0) is 25.0 Å². The van der Waals surface area contributed by atoms with E-state index in [0.29, 0.717) is 12.5 Å². The van der Waals surface area contributed by atoms with Gasteiger partial charge in [0.05, 0.1) is 12.2 Å². The second kappa shape index (κ2) is 12.5. The Morgan fingerprint density at radius 2 is 2.00 bits per heavy atom. The molecule has 1 aromatic heterocycles. The number of hydrogen-bond donors (Lipinski definition) is 2. The first kappa shape index (κ1) is 22.2. The standard InChI is InChI=1S/C18H26N4S2.HI/c1-4-19-18(20-10-11-23-15-8-6-5-7-9-15)21-12-17-22-16(13-24-17)14(2)3;/h5-9,13-14H,4,10-12H2,1-3H3,(H2,19,20,21);1H. The lowest BCUT2D eigenvalue weighted by Crippen LogP contribution is -2.38. The fraction of sp³-hybridized carbons (Fsp3) is 0.444. The Morgan fingerprint density at radius 1 is 1.24 bits per heavy atom. The number of halogens is 1. The van der Waals surface area contributed by atoms with Gasteiger partial charge in [0.25, 0.3) is 0 Å². The van der Waals surface area contributed by atoms with E-state index in [1.165, 1.54) is 4.90 Å². The van der Waals surface area contributed by atoms with Gasteiger partial charge in [0.2, 0.25) is 0 Å². The third-order valence-corrected chi connectivity index (χ3v) is 5.15. The number of benzene rings is 1. The van der Waals surface area contributed by atoms with Crippen LogP contribution in [-0.2, 0) is 6.54 Å². The molecule has 0 fully saturated rings. The van der Waals surface area contributed by atoms with Crippen molar-refractivity contribution in [3.05, 3.63) is 46.4 Å². The Labute approximate surface area is 176 Å². The molecule has 0 saturated carbocycles. The number of guanidine groups is 1. The average molecular weight is 490 g/mol. The molecule has 0 saturated heterocycles. The normalized spacial score (nSPS) is 11.3. The fourth-order valence-corrected chi connectivity index (χ4v) is 3.67. The van der Waals surface area contributed by atoms with E-state index in [1.54, 1.807) is 11.3 Å². The van der Waals surface area contributed by atoms with Crippen molar-refractivity contribution in [3.63, 3.8) is 0 Å². The molecule has 0 spiro atoms. The van der Waals surface area contributed by atoms with Crippen LogP contribution in [0.4, 0.5) is 0 Å². The lowest BCUT2D eigenvalue weighted by molar-refractivity contribution is 0.813. The summed E-state index contributed by atoms with van der Waals surface area (Å²) in [4.78, 5) is 10.6. The number of thioether (sulfide) groups is 1. The van der Waals surface area contributed by atoms with Crippen molar-refractivity contribution in [2.75, 3.05) is 18.8 Å². The van der Waals surface area contributed by atoms with Crippen molar-refractivity contribution >= 4 is 53.0 Å². The average Bonchev–Trinajstić information content (AvgIpc) is 3.06. The van der Waals surface area contributed by atoms with Gasteiger partial charge in [-0.15, -0.1) is 47.1 Å².